The number of H-pyrrole nitrogens is 1. The average molecular weight is 138 g/mol. The van der Waals surface area contributed by atoms with Crippen LogP contribution in [0.2, 0.25) is 0 Å². The molecular formula is C5H6N4O. The Hall–Kier alpha value is -1.65. The lowest BCUT2D eigenvalue weighted by atomic mass is 10.4. The zero-order chi connectivity index (χ0) is 7.56. The molecule has 1 rings (SSSR count). The van der Waals surface area contributed by atoms with Gasteiger partial charge >= 0.3 is 0 Å². The van der Waals surface area contributed by atoms with E-state index in [9.17, 15) is 4.79 Å². The molecule has 0 aliphatic heterocycles. The normalized spacial score (nSPS) is 9.20. The van der Waals surface area contributed by atoms with Crippen molar-refractivity contribution in [2.24, 2.45) is 5.73 Å². The molecule has 0 atom stereocenters. The molecule has 0 radical (unpaired) electrons. The molecule has 0 saturated carbocycles. The first kappa shape index (κ1) is 6.47. The van der Waals surface area contributed by atoms with Crippen molar-refractivity contribution in [2.45, 2.75) is 0 Å². The largest absolute Gasteiger partial charge is 0.382 e. The highest BCUT2D eigenvalue weighted by Crippen LogP contribution is 1.81. The van der Waals surface area contributed by atoms with Gasteiger partial charge in [-0.3, -0.25) is 15.2 Å². The molecule has 0 aromatic carbocycles. The molecule has 1 heterocycles. The van der Waals surface area contributed by atoms with Gasteiger partial charge in [-0.05, 0) is 0 Å². The van der Waals surface area contributed by atoms with Crippen molar-refractivity contribution in [3.63, 3.8) is 0 Å². The van der Waals surface area contributed by atoms with E-state index in [-0.39, 0.29) is 17.1 Å². The number of nitrogens with zero attached hydrogens (tertiary/aromatic N) is 1. The van der Waals surface area contributed by atoms with Crippen LogP contribution in [0.15, 0.2) is 17.2 Å². The minimum absolute atomic E-state index is 0.190. The maximum absolute atomic E-state index is 10.5. The number of nitrogens with one attached hydrogen (secondary N) is 2. The molecule has 5 nitrogen and oxygen atoms in total. The summed E-state index contributed by atoms with van der Waals surface area (Å²) in [4.78, 5) is 16.4. The molecule has 0 amide bonds. The van der Waals surface area contributed by atoms with Gasteiger partial charge in [0.05, 0.1) is 12.4 Å². The van der Waals surface area contributed by atoms with Gasteiger partial charge in [-0.15, -0.1) is 0 Å². The predicted molar refractivity (Wildman–Crippen MR) is 35.9 cm³/mol. The van der Waals surface area contributed by atoms with E-state index in [1.807, 2.05) is 0 Å². The van der Waals surface area contributed by atoms with Crippen molar-refractivity contribution in [3.05, 3.63) is 28.4 Å². The van der Waals surface area contributed by atoms with Crippen LogP contribution in [0.1, 0.15) is 5.69 Å². The summed E-state index contributed by atoms with van der Waals surface area (Å²) in [5, 5.41) is 6.90. The number of aromatic nitrogens is 2. The summed E-state index contributed by atoms with van der Waals surface area (Å²) in [7, 11) is 0. The summed E-state index contributed by atoms with van der Waals surface area (Å²) in [6.07, 6.45) is 2.44. The third-order valence-electron chi connectivity index (χ3n) is 0.943. The van der Waals surface area contributed by atoms with Crippen LogP contribution in [0.4, 0.5) is 0 Å². The van der Waals surface area contributed by atoms with E-state index in [0.29, 0.717) is 0 Å². The number of nitrogen functional groups attached to an aromatic ring is 1. The molecule has 0 aliphatic rings. The van der Waals surface area contributed by atoms with E-state index in [4.69, 9.17) is 11.1 Å². The zero-order valence-corrected chi connectivity index (χ0v) is 5.09. The van der Waals surface area contributed by atoms with Crippen molar-refractivity contribution in [2.75, 3.05) is 0 Å². The first-order valence-electron chi connectivity index (χ1n) is 2.59. The van der Waals surface area contributed by atoms with Gasteiger partial charge in [0.1, 0.15) is 11.5 Å². The Bertz CT molecular complexity index is 303. The van der Waals surface area contributed by atoms with Gasteiger partial charge in [0.15, 0.2) is 0 Å². The Morgan fingerprint density at radius 2 is 2.40 bits per heavy atom. The second-order valence-electron chi connectivity index (χ2n) is 1.72. The fourth-order valence-corrected chi connectivity index (χ4v) is 0.514. The van der Waals surface area contributed by atoms with Crippen molar-refractivity contribution in [3.8, 4) is 0 Å². The number of hydrogen-bond donors (Lipinski definition) is 3. The van der Waals surface area contributed by atoms with E-state index in [0.717, 1.165) is 6.20 Å². The summed E-state index contributed by atoms with van der Waals surface area (Å²) in [6.45, 7) is 0. The van der Waals surface area contributed by atoms with Gasteiger partial charge in [0.25, 0.3) is 5.56 Å². The summed E-state index contributed by atoms with van der Waals surface area (Å²) < 4.78 is 0. The maximum Gasteiger partial charge on any atom is 0.266 e. The SMILES string of the molecule is N=C(N)c1cncc(=O)[nH]1. The van der Waals surface area contributed by atoms with Crippen LogP contribution < -0.4 is 11.3 Å². The van der Waals surface area contributed by atoms with Crippen molar-refractivity contribution >= 4 is 5.84 Å². The van der Waals surface area contributed by atoms with Crippen LogP contribution in [0, 0.1) is 5.41 Å². The number of amidine groups is 1. The predicted octanol–water partition coefficient (Wildman–Crippen LogP) is -0.946. The maximum atomic E-state index is 10.5. The molecule has 0 unspecified atom stereocenters. The Labute approximate surface area is 56.4 Å². The summed E-state index contributed by atoms with van der Waals surface area (Å²) in [5.41, 5.74) is 4.94. The van der Waals surface area contributed by atoms with Crippen LogP contribution in [-0.2, 0) is 0 Å². The van der Waals surface area contributed by atoms with Crippen LogP contribution in [0.3, 0.4) is 0 Å². The minimum Gasteiger partial charge on any atom is -0.382 e. The van der Waals surface area contributed by atoms with E-state index < -0.39 is 0 Å². The standard InChI is InChI=1S/C5H6N4O/c6-5(7)3-1-8-2-4(10)9-3/h1-2H,(H3,6,7)(H,9,10). The summed E-state index contributed by atoms with van der Waals surface area (Å²) in [6, 6.07) is 0. The Morgan fingerprint density at radius 3 is 2.80 bits per heavy atom. The first-order valence-corrected chi connectivity index (χ1v) is 2.59. The molecule has 1 aromatic rings. The smallest absolute Gasteiger partial charge is 0.266 e. The van der Waals surface area contributed by atoms with Gasteiger partial charge in [-0.2, -0.15) is 0 Å². The lowest BCUT2D eigenvalue weighted by Gasteiger charge is -1.92. The van der Waals surface area contributed by atoms with Gasteiger partial charge in [-0.1, -0.05) is 0 Å². The fourth-order valence-electron chi connectivity index (χ4n) is 0.514. The monoisotopic (exact) mass is 138 g/mol. The van der Waals surface area contributed by atoms with E-state index >= 15 is 0 Å². The molecule has 0 spiro atoms. The lowest BCUT2D eigenvalue weighted by Crippen LogP contribution is -2.18. The molecule has 0 aliphatic carbocycles. The summed E-state index contributed by atoms with van der Waals surface area (Å²) in [5.74, 6) is -0.190. The van der Waals surface area contributed by atoms with Gasteiger partial charge in [-0.25, -0.2) is 0 Å². The topological polar surface area (TPSA) is 95.6 Å². The quantitative estimate of drug-likeness (QED) is 0.345. The van der Waals surface area contributed by atoms with Crippen molar-refractivity contribution in [1.29, 1.82) is 5.41 Å². The highest BCUT2D eigenvalue weighted by atomic mass is 16.1. The summed E-state index contributed by atoms with van der Waals surface area (Å²) >= 11 is 0. The Balaban J connectivity index is 3.20. The van der Waals surface area contributed by atoms with Crippen molar-refractivity contribution in [1.82, 2.24) is 9.97 Å². The van der Waals surface area contributed by atoms with Gasteiger partial charge in [0, 0.05) is 0 Å². The molecule has 10 heavy (non-hydrogen) atoms. The Kier molecular flexibility index (Phi) is 1.49. The second-order valence-corrected chi connectivity index (χ2v) is 1.72. The highest BCUT2D eigenvalue weighted by Gasteiger charge is 1.94. The molecule has 5 heteroatoms. The van der Waals surface area contributed by atoms with Gasteiger partial charge in [0.2, 0.25) is 0 Å². The fraction of sp³-hybridized carbons (Fsp3) is 0. The van der Waals surface area contributed by atoms with E-state index in [1.54, 1.807) is 0 Å². The molecule has 0 fully saturated rings. The van der Waals surface area contributed by atoms with E-state index in [2.05, 4.69) is 9.97 Å². The molecule has 4 N–H and O–H groups in total. The number of hydrogen-bond acceptors (Lipinski definition) is 3. The number of rotatable bonds is 1. The number of nitrogens with two attached hydrogens (primary N) is 1. The van der Waals surface area contributed by atoms with Gasteiger partial charge < -0.3 is 10.7 Å². The first-order chi connectivity index (χ1) is 4.70. The molecule has 1 aromatic heterocycles. The highest BCUT2D eigenvalue weighted by molar-refractivity contribution is 5.92. The van der Waals surface area contributed by atoms with Crippen LogP contribution in [0.5, 0.6) is 0 Å². The zero-order valence-electron chi connectivity index (χ0n) is 5.09. The van der Waals surface area contributed by atoms with Crippen LogP contribution in [0.25, 0.3) is 0 Å². The third-order valence-corrected chi connectivity index (χ3v) is 0.943. The Morgan fingerprint density at radius 1 is 1.70 bits per heavy atom. The van der Waals surface area contributed by atoms with Crippen molar-refractivity contribution < 1.29 is 0 Å². The molecule has 0 saturated heterocycles. The molecular weight excluding hydrogens is 132 g/mol. The number of aromatic amines is 1. The third kappa shape index (κ3) is 1.19. The molecule has 52 valence electrons. The van der Waals surface area contributed by atoms with Crippen LogP contribution >= 0.6 is 0 Å². The average Bonchev–Trinajstić information content (AvgIpc) is 1.88. The lowest BCUT2D eigenvalue weighted by molar-refractivity contribution is 1.11. The van der Waals surface area contributed by atoms with E-state index in [1.165, 1.54) is 6.20 Å². The second kappa shape index (κ2) is 2.30. The molecule has 0 bridgehead atoms. The minimum atomic E-state index is -0.354. The van der Waals surface area contributed by atoms with Crippen LogP contribution in [-0.4, -0.2) is 15.8 Å².